The van der Waals surface area contributed by atoms with Gasteiger partial charge >= 0.3 is 11.9 Å². The predicted octanol–water partition coefficient (Wildman–Crippen LogP) is 3.08. The molecule has 0 aliphatic heterocycles. The number of ether oxygens (including phenoxy) is 2. The van der Waals surface area contributed by atoms with E-state index >= 15 is 0 Å². The van der Waals surface area contributed by atoms with Gasteiger partial charge in [-0.05, 0) is 24.3 Å². The van der Waals surface area contributed by atoms with Crippen LogP contribution in [-0.4, -0.2) is 37.5 Å². The van der Waals surface area contributed by atoms with Crippen LogP contribution in [0.3, 0.4) is 0 Å². The highest BCUT2D eigenvalue weighted by atomic mass is 16.5. The molecule has 2 aromatic rings. The molecular weight excluding hydrogens is 332 g/mol. The Hall–Kier alpha value is -3.28. The van der Waals surface area contributed by atoms with Gasteiger partial charge in [-0.3, -0.25) is 19.6 Å². The quantitative estimate of drug-likeness (QED) is 0.332. The second-order valence-electron chi connectivity index (χ2n) is 5.33. The third kappa shape index (κ3) is 6.32. The molecule has 0 fully saturated rings. The first-order valence-corrected chi connectivity index (χ1v) is 8.11. The fourth-order valence-corrected chi connectivity index (χ4v) is 2.11. The number of benzene rings is 2. The first-order valence-electron chi connectivity index (χ1n) is 8.11. The average molecular weight is 352 g/mol. The maximum Gasteiger partial charge on any atom is 0.308 e. The van der Waals surface area contributed by atoms with Crippen molar-refractivity contribution in [2.45, 2.75) is 13.8 Å². The van der Waals surface area contributed by atoms with Crippen LogP contribution < -0.4 is 9.47 Å². The smallest absolute Gasteiger partial charge is 0.308 e. The van der Waals surface area contributed by atoms with Crippen molar-refractivity contribution >= 4 is 24.4 Å². The number of carbonyl (C=O) groups excluding carboxylic acids is 2. The summed E-state index contributed by atoms with van der Waals surface area (Å²) in [5.41, 5.74) is 1.46. The molecule has 0 amide bonds. The lowest BCUT2D eigenvalue weighted by molar-refractivity contribution is -0.132. The highest BCUT2D eigenvalue weighted by Gasteiger charge is 2.03. The Labute approximate surface area is 152 Å². The minimum absolute atomic E-state index is 0.373. The molecule has 0 spiro atoms. The molecule has 26 heavy (non-hydrogen) atoms. The molecule has 0 unspecified atom stereocenters. The van der Waals surface area contributed by atoms with E-state index in [-0.39, 0.29) is 11.9 Å². The zero-order valence-electron chi connectivity index (χ0n) is 14.7. The molecule has 2 aromatic carbocycles. The van der Waals surface area contributed by atoms with Gasteiger partial charge in [-0.25, -0.2) is 0 Å². The van der Waals surface area contributed by atoms with Crippen molar-refractivity contribution < 1.29 is 19.1 Å². The molecule has 0 saturated carbocycles. The van der Waals surface area contributed by atoms with Crippen LogP contribution in [0.15, 0.2) is 58.5 Å². The molecule has 2 rings (SSSR count). The summed E-state index contributed by atoms with van der Waals surface area (Å²) in [4.78, 5) is 30.8. The number of rotatable bonds is 7. The molecule has 0 N–H and O–H groups in total. The summed E-state index contributed by atoms with van der Waals surface area (Å²) >= 11 is 0. The molecule has 0 atom stereocenters. The van der Waals surface area contributed by atoms with Crippen LogP contribution in [0.2, 0.25) is 0 Å². The Morgan fingerprint density at radius 1 is 0.769 bits per heavy atom. The average Bonchev–Trinajstić information content (AvgIpc) is 2.59. The van der Waals surface area contributed by atoms with E-state index in [2.05, 4.69) is 9.98 Å². The SMILES string of the molecule is CC(=O)Oc1ccccc1C=NCCN=Cc1ccccc1OC(C)=O. The molecule has 0 aliphatic carbocycles. The molecule has 0 aromatic heterocycles. The standard InChI is InChI=1S/C20H20N2O4/c1-15(23)25-19-9-5-3-7-17(19)13-21-11-12-22-14-18-8-4-6-10-20(18)26-16(2)24/h3-10,13-14H,11-12H2,1-2H3. The molecule has 0 bridgehead atoms. The van der Waals surface area contributed by atoms with Crippen molar-refractivity contribution in [2.75, 3.05) is 13.1 Å². The van der Waals surface area contributed by atoms with Crippen molar-refractivity contribution in [1.29, 1.82) is 0 Å². The highest BCUT2D eigenvalue weighted by molar-refractivity contribution is 5.86. The number of hydrogen-bond acceptors (Lipinski definition) is 6. The van der Waals surface area contributed by atoms with Gasteiger partial charge < -0.3 is 9.47 Å². The minimum atomic E-state index is -0.373. The summed E-state index contributed by atoms with van der Waals surface area (Å²) in [5, 5.41) is 0. The van der Waals surface area contributed by atoms with Crippen molar-refractivity contribution in [3.05, 3.63) is 59.7 Å². The topological polar surface area (TPSA) is 77.3 Å². The Morgan fingerprint density at radius 2 is 1.15 bits per heavy atom. The van der Waals surface area contributed by atoms with Gasteiger partial charge in [0.15, 0.2) is 0 Å². The Morgan fingerprint density at radius 3 is 1.54 bits per heavy atom. The van der Waals surface area contributed by atoms with Gasteiger partial charge in [0.25, 0.3) is 0 Å². The second kappa shape index (κ2) is 9.88. The van der Waals surface area contributed by atoms with Gasteiger partial charge in [-0.15, -0.1) is 0 Å². The van der Waals surface area contributed by atoms with E-state index in [4.69, 9.17) is 9.47 Å². The normalized spacial score (nSPS) is 11.0. The summed E-state index contributed by atoms with van der Waals surface area (Å²) < 4.78 is 10.3. The van der Waals surface area contributed by atoms with Gasteiger partial charge in [0, 0.05) is 37.4 Å². The van der Waals surface area contributed by atoms with Gasteiger partial charge in [0.2, 0.25) is 0 Å². The molecule has 0 saturated heterocycles. The molecule has 6 nitrogen and oxygen atoms in total. The lowest BCUT2D eigenvalue weighted by Gasteiger charge is -2.04. The number of carbonyl (C=O) groups is 2. The fraction of sp³-hybridized carbons (Fsp3) is 0.200. The Kier molecular flexibility index (Phi) is 7.24. The van der Waals surface area contributed by atoms with Crippen LogP contribution in [0.4, 0.5) is 0 Å². The van der Waals surface area contributed by atoms with Crippen molar-refractivity contribution in [3.8, 4) is 11.5 Å². The van der Waals surface area contributed by atoms with Crippen LogP contribution >= 0.6 is 0 Å². The number of para-hydroxylation sites is 2. The molecule has 0 aliphatic rings. The zero-order chi connectivity index (χ0) is 18.8. The summed E-state index contributed by atoms with van der Waals surface area (Å²) in [6.07, 6.45) is 3.31. The van der Waals surface area contributed by atoms with Crippen molar-refractivity contribution in [2.24, 2.45) is 9.98 Å². The molecule has 6 heteroatoms. The first kappa shape index (κ1) is 19.1. The molecule has 134 valence electrons. The number of esters is 2. The largest absolute Gasteiger partial charge is 0.426 e. The predicted molar refractivity (Wildman–Crippen MR) is 100 cm³/mol. The maximum absolute atomic E-state index is 11.1. The molecular formula is C20H20N2O4. The van der Waals surface area contributed by atoms with E-state index < -0.39 is 0 Å². The number of nitrogens with zero attached hydrogens (tertiary/aromatic N) is 2. The van der Waals surface area contributed by atoms with Gasteiger partial charge in [0.1, 0.15) is 11.5 Å². The third-order valence-electron chi connectivity index (χ3n) is 3.16. The van der Waals surface area contributed by atoms with E-state index in [0.29, 0.717) is 24.6 Å². The van der Waals surface area contributed by atoms with E-state index in [1.807, 2.05) is 24.3 Å². The minimum Gasteiger partial charge on any atom is -0.426 e. The molecule has 0 radical (unpaired) electrons. The van der Waals surface area contributed by atoms with Crippen LogP contribution in [0, 0.1) is 0 Å². The van der Waals surface area contributed by atoms with Gasteiger partial charge in [-0.1, -0.05) is 24.3 Å². The maximum atomic E-state index is 11.1. The number of aliphatic imine (C=N–C) groups is 2. The van der Waals surface area contributed by atoms with Gasteiger partial charge in [0.05, 0.1) is 13.1 Å². The van der Waals surface area contributed by atoms with Gasteiger partial charge in [-0.2, -0.15) is 0 Å². The summed E-state index contributed by atoms with van der Waals surface area (Å²) in [7, 11) is 0. The van der Waals surface area contributed by atoms with Crippen LogP contribution in [0.25, 0.3) is 0 Å². The van der Waals surface area contributed by atoms with E-state index in [9.17, 15) is 9.59 Å². The Balaban J connectivity index is 1.91. The Bertz CT molecular complexity index is 759. The highest BCUT2D eigenvalue weighted by Crippen LogP contribution is 2.16. The monoisotopic (exact) mass is 352 g/mol. The van der Waals surface area contributed by atoms with Crippen molar-refractivity contribution in [3.63, 3.8) is 0 Å². The lowest BCUT2D eigenvalue weighted by atomic mass is 10.2. The van der Waals surface area contributed by atoms with E-state index in [1.54, 1.807) is 36.7 Å². The van der Waals surface area contributed by atoms with E-state index in [0.717, 1.165) is 11.1 Å². The summed E-state index contributed by atoms with van der Waals surface area (Å²) in [5.74, 6) is 0.203. The van der Waals surface area contributed by atoms with Crippen LogP contribution in [0.5, 0.6) is 11.5 Å². The first-order chi connectivity index (χ1) is 12.6. The second-order valence-corrected chi connectivity index (χ2v) is 5.33. The summed E-state index contributed by atoms with van der Waals surface area (Å²) in [6, 6.07) is 14.3. The number of hydrogen-bond donors (Lipinski definition) is 0. The molecule has 0 heterocycles. The fourth-order valence-electron chi connectivity index (χ4n) is 2.11. The zero-order valence-corrected chi connectivity index (χ0v) is 14.7. The third-order valence-corrected chi connectivity index (χ3v) is 3.16. The summed E-state index contributed by atoms with van der Waals surface area (Å²) in [6.45, 7) is 3.66. The van der Waals surface area contributed by atoms with Crippen LogP contribution in [-0.2, 0) is 9.59 Å². The lowest BCUT2D eigenvalue weighted by Crippen LogP contribution is -2.04. The van der Waals surface area contributed by atoms with E-state index in [1.165, 1.54) is 13.8 Å². The van der Waals surface area contributed by atoms with Crippen LogP contribution in [0.1, 0.15) is 25.0 Å². The van der Waals surface area contributed by atoms with Crippen molar-refractivity contribution in [1.82, 2.24) is 0 Å².